The average Bonchev–Trinajstić information content (AvgIpc) is 2.37. The molecule has 1 unspecified atom stereocenters. The zero-order chi connectivity index (χ0) is 12.1. The van der Waals surface area contributed by atoms with Gasteiger partial charge in [-0.3, -0.25) is 4.79 Å². The first-order valence-electron chi connectivity index (χ1n) is 5.87. The van der Waals surface area contributed by atoms with Crippen molar-refractivity contribution >= 4 is 5.91 Å². The maximum absolute atomic E-state index is 11.8. The lowest BCUT2D eigenvalue weighted by atomic mass is 10.1. The second-order valence-corrected chi connectivity index (χ2v) is 4.27. The normalized spacial score (nSPS) is 19.4. The van der Waals surface area contributed by atoms with Crippen LogP contribution in [-0.4, -0.2) is 29.9 Å². The van der Waals surface area contributed by atoms with Gasteiger partial charge in [-0.1, -0.05) is 24.1 Å². The van der Waals surface area contributed by atoms with Crippen LogP contribution < -0.4 is 5.73 Å². The Labute approximate surface area is 102 Å². The molecule has 2 rings (SSSR count). The van der Waals surface area contributed by atoms with Crippen LogP contribution in [0.2, 0.25) is 0 Å². The molecule has 1 aliphatic rings. The molecule has 0 bridgehead atoms. The lowest BCUT2D eigenvalue weighted by Gasteiger charge is -2.29. The van der Waals surface area contributed by atoms with Crippen LogP contribution in [0.5, 0.6) is 0 Å². The monoisotopic (exact) mass is 228 g/mol. The number of carbonyl (C=O) groups is 1. The van der Waals surface area contributed by atoms with Crippen LogP contribution in [0, 0.1) is 11.8 Å². The van der Waals surface area contributed by atoms with E-state index >= 15 is 0 Å². The summed E-state index contributed by atoms with van der Waals surface area (Å²) in [6.07, 6.45) is 1.97. The van der Waals surface area contributed by atoms with Crippen LogP contribution in [0.1, 0.15) is 18.4 Å². The molecule has 1 saturated heterocycles. The van der Waals surface area contributed by atoms with E-state index in [-0.39, 0.29) is 11.9 Å². The molecular formula is C14H16N2O. The number of piperidine rings is 1. The Hall–Kier alpha value is -1.79. The summed E-state index contributed by atoms with van der Waals surface area (Å²) >= 11 is 0. The minimum atomic E-state index is -0.121. The summed E-state index contributed by atoms with van der Waals surface area (Å²) in [4.78, 5) is 13.6. The van der Waals surface area contributed by atoms with E-state index in [4.69, 9.17) is 5.73 Å². The molecule has 2 N–H and O–H groups in total. The van der Waals surface area contributed by atoms with Gasteiger partial charge in [0.05, 0.1) is 0 Å². The van der Waals surface area contributed by atoms with E-state index in [2.05, 4.69) is 11.8 Å². The first-order valence-corrected chi connectivity index (χ1v) is 5.87. The Morgan fingerprint density at radius 1 is 1.35 bits per heavy atom. The van der Waals surface area contributed by atoms with Gasteiger partial charge in [-0.25, -0.2) is 0 Å². The van der Waals surface area contributed by atoms with Crippen LogP contribution in [0.25, 0.3) is 0 Å². The van der Waals surface area contributed by atoms with Crippen LogP contribution in [0.4, 0.5) is 0 Å². The Bertz CT molecular complexity index is 444. The first-order chi connectivity index (χ1) is 8.25. The van der Waals surface area contributed by atoms with Gasteiger partial charge in [0.2, 0.25) is 0 Å². The summed E-state index contributed by atoms with van der Waals surface area (Å²) in [6, 6.07) is 9.63. The Kier molecular flexibility index (Phi) is 3.79. The molecule has 88 valence electrons. The molecule has 0 radical (unpaired) electrons. The highest BCUT2D eigenvalue weighted by atomic mass is 16.2. The van der Waals surface area contributed by atoms with Crippen molar-refractivity contribution in [3.63, 3.8) is 0 Å². The van der Waals surface area contributed by atoms with Crippen molar-refractivity contribution in [2.45, 2.75) is 18.9 Å². The van der Waals surface area contributed by atoms with Gasteiger partial charge >= 0.3 is 0 Å². The molecule has 1 atom stereocenters. The van der Waals surface area contributed by atoms with Crippen molar-refractivity contribution < 1.29 is 4.79 Å². The average molecular weight is 228 g/mol. The quantitative estimate of drug-likeness (QED) is 0.673. The summed E-state index contributed by atoms with van der Waals surface area (Å²) < 4.78 is 0. The molecule has 1 heterocycles. The zero-order valence-corrected chi connectivity index (χ0v) is 9.73. The summed E-state index contributed by atoms with van der Waals surface area (Å²) in [5.74, 6) is 5.42. The second-order valence-electron chi connectivity index (χ2n) is 4.27. The molecule has 17 heavy (non-hydrogen) atoms. The molecule has 0 saturated carbocycles. The number of amides is 1. The van der Waals surface area contributed by atoms with Gasteiger partial charge in [0.1, 0.15) is 0 Å². The Morgan fingerprint density at radius 2 is 2.12 bits per heavy atom. The molecule has 0 spiro atoms. The van der Waals surface area contributed by atoms with Crippen molar-refractivity contribution in [1.29, 1.82) is 0 Å². The lowest BCUT2D eigenvalue weighted by molar-refractivity contribution is -0.126. The maximum atomic E-state index is 11.8. The fourth-order valence-corrected chi connectivity index (χ4v) is 1.92. The van der Waals surface area contributed by atoms with E-state index in [1.807, 2.05) is 30.3 Å². The molecule has 3 heteroatoms. The van der Waals surface area contributed by atoms with Gasteiger partial charge in [-0.2, -0.15) is 0 Å². The van der Waals surface area contributed by atoms with Crippen molar-refractivity contribution in [3.8, 4) is 11.8 Å². The smallest absolute Gasteiger partial charge is 0.298 e. The fourth-order valence-electron chi connectivity index (χ4n) is 1.92. The van der Waals surface area contributed by atoms with E-state index in [1.165, 1.54) is 0 Å². The molecule has 1 amide bonds. The zero-order valence-electron chi connectivity index (χ0n) is 9.73. The van der Waals surface area contributed by atoms with Crippen LogP contribution in [-0.2, 0) is 4.79 Å². The minimum absolute atomic E-state index is 0.103. The molecule has 1 fully saturated rings. The number of carbonyl (C=O) groups excluding carboxylic acids is 1. The summed E-state index contributed by atoms with van der Waals surface area (Å²) in [6.45, 7) is 1.40. The van der Waals surface area contributed by atoms with Gasteiger partial charge in [-0.05, 0) is 25.0 Å². The third-order valence-corrected chi connectivity index (χ3v) is 2.83. The van der Waals surface area contributed by atoms with Gasteiger partial charge < -0.3 is 10.6 Å². The number of rotatable bonds is 0. The first kappa shape index (κ1) is 11.7. The lowest BCUT2D eigenvalue weighted by Crippen LogP contribution is -2.45. The highest BCUT2D eigenvalue weighted by Gasteiger charge is 2.19. The van der Waals surface area contributed by atoms with E-state index in [9.17, 15) is 4.79 Å². The van der Waals surface area contributed by atoms with Crippen LogP contribution in [0.15, 0.2) is 30.3 Å². The Balaban J connectivity index is 2.00. The van der Waals surface area contributed by atoms with Gasteiger partial charge in [0.15, 0.2) is 0 Å². The fraction of sp³-hybridized carbons (Fsp3) is 0.357. The molecule has 1 aromatic carbocycles. The number of benzene rings is 1. The van der Waals surface area contributed by atoms with Gasteiger partial charge in [-0.15, -0.1) is 0 Å². The number of likely N-dealkylation sites (tertiary alicyclic amines) is 1. The largest absolute Gasteiger partial charge is 0.330 e. The van der Waals surface area contributed by atoms with Crippen molar-refractivity contribution in [1.82, 2.24) is 4.90 Å². The predicted molar refractivity (Wildman–Crippen MR) is 67.1 cm³/mol. The van der Waals surface area contributed by atoms with E-state index in [0.717, 1.165) is 24.9 Å². The standard InChI is InChI=1S/C14H16N2O/c15-13-7-4-10-16(11-13)14(17)9-8-12-5-2-1-3-6-12/h1-3,5-6,13H,4,7,10-11,15H2. The van der Waals surface area contributed by atoms with Crippen LogP contribution in [0.3, 0.4) is 0 Å². The third kappa shape index (κ3) is 3.33. The predicted octanol–water partition coefficient (Wildman–Crippen LogP) is 0.988. The van der Waals surface area contributed by atoms with Crippen LogP contribution >= 0.6 is 0 Å². The number of hydrogen-bond donors (Lipinski definition) is 1. The minimum Gasteiger partial charge on any atom is -0.330 e. The number of hydrogen-bond acceptors (Lipinski definition) is 2. The summed E-state index contributed by atoms with van der Waals surface area (Å²) in [7, 11) is 0. The number of nitrogens with two attached hydrogens (primary N) is 1. The maximum Gasteiger partial charge on any atom is 0.298 e. The highest BCUT2D eigenvalue weighted by molar-refractivity contribution is 5.94. The van der Waals surface area contributed by atoms with E-state index < -0.39 is 0 Å². The second kappa shape index (κ2) is 5.51. The SMILES string of the molecule is NC1CCCN(C(=O)C#Cc2ccccc2)C1. The summed E-state index contributed by atoms with van der Waals surface area (Å²) in [5, 5.41) is 0. The summed E-state index contributed by atoms with van der Waals surface area (Å²) in [5.41, 5.74) is 6.69. The molecule has 1 aromatic rings. The molecule has 1 aliphatic heterocycles. The van der Waals surface area contributed by atoms with E-state index in [0.29, 0.717) is 6.54 Å². The van der Waals surface area contributed by atoms with Crippen molar-refractivity contribution in [2.75, 3.05) is 13.1 Å². The molecule has 3 nitrogen and oxygen atoms in total. The van der Waals surface area contributed by atoms with Gasteiger partial charge in [0, 0.05) is 30.6 Å². The van der Waals surface area contributed by atoms with E-state index in [1.54, 1.807) is 4.90 Å². The molecule has 0 aromatic heterocycles. The van der Waals surface area contributed by atoms with Gasteiger partial charge in [0.25, 0.3) is 5.91 Å². The Morgan fingerprint density at radius 3 is 2.82 bits per heavy atom. The molecular weight excluding hydrogens is 212 g/mol. The highest BCUT2D eigenvalue weighted by Crippen LogP contribution is 2.07. The topological polar surface area (TPSA) is 46.3 Å². The number of nitrogens with zero attached hydrogens (tertiary/aromatic N) is 1. The third-order valence-electron chi connectivity index (χ3n) is 2.83. The van der Waals surface area contributed by atoms with Crippen molar-refractivity contribution in [3.05, 3.63) is 35.9 Å². The van der Waals surface area contributed by atoms with Crippen molar-refractivity contribution in [2.24, 2.45) is 5.73 Å². The molecule has 0 aliphatic carbocycles.